The number of carbonyl (C=O) groups is 2. The minimum Gasteiger partial charge on any atom is -0.397 e. The molecule has 21 heavy (non-hydrogen) atoms. The van der Waals surface area contributed by atoms with Crippen LogP contribution in [0.3, 0.4) is 0 Å². The predicted molar refractivity (Wildman–Crippen MR) is 78.0 cm³/mol. The third-order valence-corrected chi connectivity index (χ3v) is 3.45. The lowest BCUT2D eigenvalue weighted by molar-refractivity contribution is -0.136. The van der Waals surface area contributed by atoms with Gasteiger partial charge in [0.15, 0.2) is 0 Å². The van der Waals surface area contributed by atoms with Crippen molar-refractivity contribution < 1.29 is 14.3 Å². The monoisotopic (exact) mass is 312 g/mol. The highest BCUT2D eigenvalue weighted by atomic mass is 35.5. The molecule has 1 unspecified atom stereocenters. The van der Waals surface area contributed by atoms with Crippen LogP contribution in [0.15, 0.2) is 12.3 Å². The van der Waals surface area contributed by atoms with Crippen LogP contribution in [0.25, 0.3) is 0 Å². The number of amides is 2. The Morgan fingerprint density at radius 1 is 1.48 bits per heavy atom. The van der Waals surface area contributed by atoms with E-state index in [4.69, 9.17) is 22.1 Å². The van der Waals surface area contributed by atoms with E-state index in [0.29, 0.717) is 32.0 Å². The molecule has 0 spiro atoms. The van der Waals surface area contributed by atoms with Gasteiger partial charge in [-0.3, -0.25) is 9.59 Å². The topological polar surface area (TPSA) is 97.6 Å². The lowest BCUT2D eigenvalue weighted by Crippen LogP contribution is -2.50. The molecular formula is C13H17ClN4O3. The summed E-state index contributed by atoms with van der Waals surface area (Å²) in [5, 5.41) is 2.66. The smallest absolute Gasteiger partial charge is 0.255 e. The number of pyridine rings is 1. The van der Waals surface area contributed by atoms with Crippen molar-refractivity contribution in [1.82, 2.24) is 15.2 Å². The van der Waals surface area contributed by atoms with Crippen LogP contribution in [0.1, 0.15) is 17.3 Å². The number of morpholine rings is 1. The Labute approximate surface area is 127 Å². The van der Waals surface area contributed by atoms with Crippen molar-refractivity contribution in [1.29, 1.82) is 0 Å². The van der Waals surface area contributed by atoms with Crippen LogP contribution >= 0.6 is 11.6 Å². The number of anilines is 1. The largest absolute Gasteiger partial charge is 0.397 e. The van der Waals surface area contributed by atoms with Gasteiger partial charge in [0.1, 0.15) is 11.2 Å². The molecule has 3 N–H and O–H groups in total. The predicted octanol–water partition coefficient (Wildman–Crippen LogP) is 0.294. The van der Waals surface area contributed by atoms with Gasteiger partial charge in [0.2, 0.25) is 5.91 Å². The lowest BCUT2D eigenvalue weighted by Gasteiger charge is -2.29. The van der Waals surface area contributed by atoms with Crippen LogP contribution in [0.2, 0.25) is 5.15 Å². The van der Waals surface area contributed by atoms with Gasteiger partial charge in [0.05, 0.1) is 30.7 Å². The zero-order chi connectivity index (χ0) is 15.4. The Bertz CT molecular complexity index is 546. The number of halogens is 1. The molecule has 0 radical (unpaired) electrons. The SMILES string of the molecule is CC(NC(=O)c1cc(N)cnc1Cl)C(=O)N1CCOCC1. The molecule has 114 valence electrons. The maximum absolute atomic E-state index is 12.2. The quantitative estimate of drug-likeness (QED) is 0.782. The van der Waals surface area contributed by atoms with Gasteiger partial charge < -0.3 is 20.7 Å². The molecule has 1 saturated heterocycles. The van der Waals surface area contributed by atoms with E-state index in [2.05, 4.69) is 10.3 Å². The average molecular weight is 313 g/mol. The Hall–Kier alpha value is -1.86. The van der Waals surface area contributed by atoms with Crippen LogP contribution in [0.4, 0.5) is 5.69 Å². The summed E-state index contributed by atoms with van der Waals surface area (Å²) in [7, 11) is 0. The number of rotatable bonds is 3. The summed E-state index contributed by atoms with van der Waals surface area (Å²) >= 11 is 5.86. The Morgan fingerprint density at radius 3 is 2.81 bits per heavy atom. The fraction of sp³-hybridized carbons (Fsp3) is 0.462. The van der Waals surface area contributed by atoms with Crippen LogP contribution < -0.4 is 11.1 Å². The molecule has 0 saturated carbocycles. The Kier molecular flexibility index (Phi) is 4.98. The van der Waals surface area contributed by atoms with Gasteiger partial charge in [-0.2, -0.15) is 0 Å². The molecule has 1 fully saturated rings. The summed E-state index contributed by atoms with van der Waals surface area (Å²) in [5.41, 5.74) is 6.06. The minimum absolute atomic E-state index is 0.0488. The number of aromatic nitrogens is 1. The number of nitrogens with zero attached hydrogens (tertiary/aromatic N) is 2. The molecule has 2 amide bonds. The second-order valence-electron chi connectivity index (χ2n) is 4.74. The van der Waals surface area contributed by atoms with Crippen molar-refractivity contribution >= 4 is 29.1 Å². The number of nitrogens with two attached hydrogens (primary N) is 1. The van der Waals surface area contributed by atoms with Crippen LogP contribution in [0.5, 0.6) is 0 Å². The standard InChI is InChI=1S/C13H17ClN4O3/c1-8(13(20)18-2-4-21-5-3-18)17-12(19)10-6-9(15)7-16-11(10)14/h6-8H,2-5,15H2,1H3,(H,17,19). The molecule has 0 aromatic carbocycles. The maximum Gasteiger partial charge on any atom is 0.255 e. The van der Waals surface area contributed by atoms with Gasteiger partial charge >= 0.3 is 0 Å². The van der Waals surface area contributed by atoms with Crippen LogP contribution in [0, 0.1) is 0 Å². The summed E-state index contributed by atoms with van der Waals surface area (Å²) in [5.74, 6) is -0.631. The zero-order valence-corrected chi connectivity index (χ0v) is 12.4. The molecule has 2 rings (SSSR count). The van der Waals surface area contributed by atoms with E-state index < -0.39 is 11.9 Å². The van der Waals surface area contributed by atoms with E-state index in [-0.39, 0.29) is 16.6 Å². The summed E-state index contributed by atoms with van der Waals surface area (Å²) < 4.78 is 5.19. The Balaban J connectivity index is 2.01. The molecule has 1 aliphatic heterocycles. The second-order valence-corrected chi connectivity index (χ2v) is 5.10. The number of ether oxygens (including phenoxy) is 1. The number of nitrogens with one attached hydrogen (secondary N) is 1. The zero-order valence-electron chi connectivity index (χ0n) is 11.6. The summed E-state index contributed by atoms with van der Waals surface area (Å²) in [6.45, 7) is 3.71. The van der Waals surface area contributed by atoms with Crippen molar-refractivity contribution in [2.24, 2.45) is 0 Å². The Morgan fingerprint density at radius 2 is 2.14 bits per heavy atom. The van der Waals surface area contributed by atoms with E-state index >= 15 is 0 Å². The highest BCUT2D eigenvalue weighted by Gasteiger charge is 2.24. The van der Waals surface area contributed by atoms with Gasteiger partial charge in [-0.25, -0.2) is 4.98 Å². The second kappa shape index (κ2) is 6.73. The molecule has 2 heterocycles. The van der Waals surface area contributed by atoms with Crippen molar-refractivity contribution in [2.75, 3.05) is 32.0 Å². The van der Waals surface area contributed by atoms with Crippen molar-refractivity contribution in [3.8, 4) is 0 Å². The first-order valence-corrected chi connectivity index (χ1v) is 6.95. The molecule has 1 aromatic heterocycles. The molecular weight excluding hydrogens is 296 g/mol. The fourth-order valence-corrected chi connectivity index (χ4v) is 2.21. The van der Waals surface area contributed by atoms with Gasteiger partial charge in [-0.1, -0.05) is 11.6 Å². The van der Waals surface area contributed by atoms with E-state index in [1.807, 2.05) is 0 Å². The van der Waals surface area contributed by atoms with Crippen molar-refractivity contribution in [3.63, 3.8) is 0 Å². The molecule has 8 heteroatoms. The van der Waals surface area contributed by atoms with Crippen LogP contribution in [-0.4, -0.2) is 54.0 Å². The molecule has 0 aliphatic carbocycles. The first-order chi connectivity index (χ1) is 9.99. The van der Waals surface area contributed by atoms with Gasteiger partial charge in [-0.15, -0.1) is 0 Å². The average Bonchev–Trinajstić information content (AvgIpc) is 2.49. The van der Waals surface area contributed by atoms with Gasteiger partial charge in [-0.05, 0) is 13.0 Å². The normalized spacial score (nSPS) is 16.4. The highest BCUT2D eigenvalue weighted by Crippen LogP contribution is 2.15. The molecule has 7 nitrogen and oxygen atoms in total. The first kappa shape index (κ1) is 15.5. The van der Waals surface area contributed by atoms with E-state index in [0.717, 1.165) is 0 Å². The number of nitrogen functional groups attached to an aromatic ring is 1. The first-order valence-electron chi connectivity index (χ1n) is 6.57. The van der Waals surface area contributed by atoms with Crippen LogP contribution in [-0.2, 0) is 9.53 Å². The summed E-state index contributed by atoms with van der Waals surface area (Å²) in [6.07, 6.45) is 1.36. The molecule has 1 atom stereocenters. The maximum atomic E-state index is 12.2. The van der Waals surface area contributed by atoms with Crippen molar-refractivity contribution in [2.45, 2.75) is 13.0 Å². The number of carbonyl (C=O) groups excluding carboxylic acids is 2. The van der Waals surface area contributed by atoms with E-state index in [1.54, 1.807) is 11.8 Å². The van der Waals surface area contributed by atoms with Crippen molar-refractivity contribution in [3.05, 3.63) is 23.0 Å². The van der Waals surface area contributed by atoms with Gasteiger partial charge in [0, 0.05) is 13.1 Å². The fourth-order valence-electron chi connectivity index (χ4n) is 2.02. The third-order valence-electron chi connectivity index (χ3n) is 3.15. The molecule has 0 bridgehead atoms. The number of hydrogen-bond donors (Lipinski definition) is 2. The lowest BCUT2D eigenvalue weighted by atomic mass is 10.2. The highest BCUT2D eigenvalue weighted by molar-refractivity contribution is 6.32. The summed E-state index contributed by atoms with van der Waals surface area (Å²) in [6, 6.07) is 0.768. The molecule has 1 aliphatic rings. The third kappa shape index (κ3) is 3.83. The van der Waals surface area contributed by atoms with Gasteiger partial charge in [0.25, 0.3) is 5.91 Å². The van der Waals surface area contributed by atoms with E-state index in [1.165, 1.54) is 12.3 Å². The van der Waals surface area contributed by atoms with E-state index in [9.17, 15) is 9.59 Å². The number of hydrogen-bond acceptors (Lipinski definition) is 5. The molecule has 1 aromatic rings. The minimum atomic E-state index is -0.659. The summed E-state index contributed by atoms with van der Waals surface area (Å²) in [4.78, 5) is 29.8.